The van der Waals surface area contributed by atoms with E-state index in [4.69, 9.17) is 4.42 Å². The number of nitrogens with zero attached hydrogens (tertiary/aromatic N) is 1. The van der Waals surface area contributed by atoms with E-state index in [2.05, 4.69) is 170 Å². The van der Waals surface area contributed by atoms with Crippen molar-refractivity contribution in [2.24, 2.45) is 0 Å². The predicted molar refractivity (Wildman–Crippen MR) is 194 cm³/mol. The van der Waals surface area contributed by atoms with Crippen molar-refractivity contribution in [1.29, 1.82) is 0 Å². The Labute approximate surface area is 263 Å². The molecule has 0 N–H and O–H groups in total. The van der Waals surface area contributed by atoms with Crippen LogP contribution >= 0.6 is 0 Å². The minimum atomic E-state index is -2.01. The Kier molecular flexibility index (Phi) is 5.68. The lowest BCUT2D eigenvalue weighted by atomic mass is 9.97. The van der Waals surface area contributed by atoms with Crippen molar-refractivity contribution in [3.63, 3.8) is 0 Å². The molecule has 0 amide bonds. The Balaban J connectivity index is 1.26. The van der Waals surface area contributed by atoms with Gasteiger partial charge in [-0.1, -0.05) is 116 Å². The van der Waals surface area contributed by atoms with E-state index in [0.717, 1.165) is 22.5 Å². The average Bonchev–Trinajstić information content (AvgIpc) is 3.57. The number of fused-ring (bicyclic) bond motifs is 8. The van der Waals surface area contributed by atoms with Gasteiger partial charge < -0.3 is 9.32 Å². The summed E-state index contributed by atoms with van der Waals surface area (Å²) in [6.45, 7) is 4.98. The zero-order valence-electron chi connectivity index (χ0n) is 25.3. The first-order valence-corrected chi connectivity index (χ1v) is 18.6. The summed E-state index contributed by atoms with van der Waals surface area (Å²) >= 11 is 0. The molecule has 9 rings (SSSR count). The quantitative estimate of drug-likeness (QED) is 0.189. The summed E-state index contributed by atoms with van der Waals surface area (Å²) in [4.78, 5) is 2.43. The molecule has 1 aliphatic rings. The van der Waals surface area contributed by atoms with Gasteiger partial charge in [0.15, 0.2) is 0 Å². The number of hydrogen-bond donors (Lipinski definition) is 0. The fourth-order valence-corrected chi connectivity index (χ4v) is 10.5. The van der Waals surface area contributed by atoms with Crippen molar-refractivity contribution in [2.75, 3.05) is 4.90 Å². The largest absolute Gasteiger partial charge is 0.456 e. The number of hydrogen-bond acceptors (Lipinski definition) is 2. The van der Waals surface area contributed by atoms with Crippen LogP contribution in [0.3, 0.4) is 0 Å². The monoisotopic (exact) mass is 593 g/mol. The highest BCUT2D eigenvalue weighted by Gasteiger charge is 2.39. The molecule has 0 unspecified atom stereocenters. The molecule has 45 heavy (non-hydrogen) atoms. The van der Waals surface area contributed by atoms with Crippen LogP contribution in [0, 0.1) is 0 Å². The first-order chi connectivity index (χ1) is 22.1. The molecule has 0 aliphatic carbocycles. The second-order valence-corrected chi connectivity index (χ2v) is 16.9. The third-order valence-corrected chi connectivity index (χ3v) is 13.2. The predicted octanol–water partition coefficient (Wildman–Crippen LogP) is 10.7. The minimum Gasteiger partial charge on any atom is -0.456 e. The van der Waals surface area contributed by atoms with Crippen LogP contribution in [-0.4, -0.2) is 8.07 Å². The minimum absolute atomic E-state index is 0.950. The normalized spacial score (nSPS) is 13.3. The van der Waals surface area contributed by atoms with Crippen molar-refractivity contribution in [1.82, 2.24) is 0 Å². The van der Waals surface area contributed by atoms with E-state index in [9.17, 15) is 0 Å². The van der Waals surface area contributed by atoms with Gasteiger partial charge in [0.2, 0.25) is 0 Å². The summed E-state index contributed by atoms with van der Waals surface area (Å²) < 4.78 is 6.33. The van der Waals surface area contributed by atoms with E-state index in [-0.39, 0.29) is 0 Å². The Bertz CT molecular complexity index is 2420. The Hall–Kier alpha value is -5.38. The van der Waals surface area contributed by atoms with Crippen LogP contribution in [-0.2, 0) is 0 Å². The average molecular weight is 594 g/mol. The maximum Gasteiger partial charge on any atom is 0.136 e. The Morgan fingerprint density at radius 3 is 2.16 bits per heavy atom. The zero-order valence-corrected chi connectivity index (χ0v) is 26.3. The van der Waals surface area contributed by atoms with Gasteiger partial charge >= 0.3 is 0 Å². The van der Waals surface area contributed by atoms with Crippen LogP contribution in [0.4, 0.5) is 17.1 Å². The van der Waals surface area contributed by atoms with Crippen molar-refractivity contribution < 1.29 is 4.42 Å². The number of benzene rings is 7. The number of rotatable bonds is 4. The van der Waals surface area contributed by atoms with E-state index >= 15 is 0 Å². The molecule has 0 saturated heterocycles. The lowest BCUT2D eigenvalue weighted by molar-refractivity contribution is 0.669. The highest BCUT2D eigenvalue weighted by molar-refractivity contribution is 7.04. The van der Waals surface area contributed by atoms with Gasteiger partial charge in [-0.3, -0.25) is 0 Å². The third kappa shape index (κ3) is 3.94. The van der Waals surface area contributed by atoms with Crippen molar-refractivity contribution in [2.45, 2.75) is 13.1 Å². The van der Waals surface area contributed by atoms with E-state index in [1.165, 1.54) is 59.9 Å². The van der Waals surface area contributed by atoms with Gasteiger partial charge in [-0.05, 0) is 86.4 Å². The molecule has 0 spiro atoms. The fraction of sp³-hybridized carbons (Fsp3) is 0.0476. The maximum absolute atomic E-state index is 6.33. The fourth-order valence-electron chi connectivity index (χ4n) is 7.44. The SMILES string of the molecule is C[Si]1(C)c2cc(N(c3ccccc3)c3ccccc3-c3ccc4ccccc4c3)ccc2-c2c1ccc1oc3ccccc3c21. The van der Waals surface area contributed by atoms with E-state index < -0.39 is 8.07 Å². The molecule has 7 aromatic carbocycles. The molecule has 0 bridgehead atoms. The molecule has 1 aromatic heterocycles. The molecule has 0 radical (unpaired) electrons. The first-order valence-electron chi connectivity index (χ1n) is 15.6. The topological polar surface area (TPSA) is 16.4 Å². The molecule has 214 valence electrons. The highest BCUT2D eigenvalue weighted by atomic mass is 28.3. The lowest BCUT2D eigenvalue weighted by Gasteiger charge is -2.29. The van der Waals surface area contributed by atoms with Crippen LogP contribution in [0.15, 0.2) is 156 Å². The number of furan rings is 1. The van der Waals surface area contributed by atoms with Gasteiger partial charge in [-0.15, -0.1) is 0 Å². The first kappa shape index (κ1) is 26.1. The van der Waals surface area contributed by atoms with Gasteiger partial charge in [-0.2, -0.15) is 0 Å². The van der Waals surface area contributed by atoms with E-state index in [1.807, 2.05) is 0 Å². The van der Waals surface area contributed by atoms with Crippen LogP contribution in [0.5, 0.6) is 0 Å². The summed E-state index contributed by atoms with van der Waals surface area (Å²) in [5.74, 6) is 0. The number of anilines is 3. The number of para-hydroxylation sites is 3. The summed E-state index contributed by atoms with van der Waals surface area (Å²) in [6, 6.07) is 55.1. The molecule has 2 heterocycles. The summed E-state index contributed by atoms with van der Waals surface area (Å²) in [5, 5.41) is 7.90. The van der Waals surface area contributed by atoms with Crippen LogP contribution in [0.2, 0.25) is 13.1 Å². The molecule has 8 aromatic rings. The van der Waals surface area contributed by atoms with Gasteiger partial charge in [0.05, 0.1) is 5.69 Å². The molecule has 3 heteroatoms. The van der Waals surface area contributed by atoms with Gasteiger partial charge in [-0.25, -0.2) is 0 Å². The van der Waals surface area contributed by atoms with Crippen molar-refractivity contribution in [3.05, 3.63) is 152 Å². The zero-order chi connectivity index (χ0) is 30.1. The standard InChI is InChI=1S/C42H31NOSi/c1-45(2)39-25-24-38-41(34-17-9-11-19-37(34)44-38)42(39)35-23-22-32(27-40(35)45)43(31-14-4-3-5-15-31)36-18-10-8-16-33(36)30-21-20-28-12-6-7-13-29(28)26-30/h3-27H,1-2H3. The smallest absolute Gasteiger partial charge is 0.136 e. The van der Waals surface area contributed by atoms with Crippen LogP contribution < -0.4 is 15.3 Å². The second kappa shape index (κ2) is 9.81. The summed E-state index contributed by atoms with van der Waals surface area (Å²) in [7, 11) is -2.01. The Morgan fingerprint density at radius 2 is 1.27 bits per heavy atom. The molecular weight excluding hydrogens is 563 g/mol. The van der Waals surface area contributed by atoms with Crippen LogP contribution in [0.1, 0.15) is 0 Å². The molecule has 1 aliphatic heterocycles. The maximum atomic E-state index is 6.33. The molecule has 0 saturated carbocycles. The second-order valence-electron chi connectivity index (χ2n) is 12.6. The highest BCUT2D eigenvalue weighted by Crippen LogP contribution is 2.44. The molecule has 0 atom stereocenters. The van der Waals surface area contributed by atoms with Gasteiger partial charge in [0.1, 0.15) is 19.2 Å². The summed E-state index contributed by atoms with van der Waals surface area (Å²) in [5.41, 5.74) is 10.5. The molecule has 2 nitrogen and oxygen atoms in total. The Morgan fingerprint density at radius 1 is 0.511 bits per heavy atom. The van der Waals surface area contributed by atoms with E-state index in [1.54, 1.807) is 0 Å². The van der Waals surface area contributed by atoms with Gasteiger partial charge in [0, 0.05) is 27.7 Å². The van der Waals surface area contributed by atoms with Crippen molar-refractivity contribution in [3.8, 4) is 22.3 Å². The summed E-state index contributed by atoms with van der Waals surface area (Å²) in [6.07, 6.45) is 0. The van der Waals surface area contributed by atoms with Gasteiger partial charge in [0.25, 0.3) is 0 Å². The molecular formula is C42H31NOSi. The molecule has 0 fully saturated rings. The lowest BCUT2D eigenvalue weighted by Crippen LogP contribution is -2.49. The van der Waals surface area contributed by atoms with E-state index in [0.29, 0.717) is 0 Å². The third-order valence-electron chi connectivity index (χ3n) is 9.64. The van der Waals surface area contributed by atoms with Crippen LogP contribution in [0.25, 0.3) is 55.0 Å². The van der Waals surface area contributed by atoms with Crippen molar-refractivity contribution >= 4 is 68.2 Å².